The van der Waals surface area contributed by atoms with Gasteiger partial charge in [0.15, 0.2) is 0 Å². The number of anilines is 1. The fraction of sp³-hybridized carbons (Fsp3) is 0.0769. The van der Waals surface area contributed by atoms with Gasteiger partial charge in [-0.25, -0.2) is 4.39 Å². The van der Waals surface area contributed by atoms with E-state index in [1.807, 2.05) is 24.3 Å². The van der Waals surface area contributed by atoms with Gasteiger partial charge in [0, 0.05) is 25.3 Å². The van der Waals surface area contributed by atoms with Gasteiger partial charge in [-0.1, -0.05) is 27.5 Å². The maximum Gasteiger partial charge on any atom is 0.124 e. The van der Waals surface area contributed by atoms with Crippen LogP contribution in [0.1, 0.15) is 5.56 Å². The van der Waals surface area contributed by atoms with Gasteiger partial charge in [0.25, 0.3) is 0 Å². The average molecular weight is 440 g/mol. The second kappa shape index (κ2) is 6.21. The van der Waals surface area contributed by atoms with Crippen LogP contribution in [-0.2, 0) is 6.54 Å². The van der Waals surface area contributed by atoms with Crippen LogP contribution in [0.3, 0.4) is 0 Å². The highest BCUT2D eigenvalue weighted by molar-refractivity contribution is 14.1. The number of nitrogens with one attached hydrogen (secondary N) is 1. The summed E-state index contributed by atoms with van der Waals surface area (Å²) in [5.74, 6) is -0.244. The summed E-state index contributed by atoms with van der Waals surface area (Å²) >= 11 is 11.4. The van der Waals surface area contributed by atoms with E-state index in [9.17, 15) is 4.39 Å². The molecule has 0 aromatic heterocycles. The first-order valence-electron chi connectivity index (χ1n) is 5.18. The predicted octanol–water partition coefficient (Wildman–Crippen LogP) is 5.46. The van der Waals surface area contributed by atoms with Crippen molar-refractivity contribution in [3.63, 3.8) is 0 Å². The molecule has 0 saturated heterocycles. The number of benzene rings is 2. The molecule has 2 aromatic rings. The molecule has 2 rings (SSSR count). The Morgan fingerprint density at radius 3 is 2.67 bits per heavy atom. The molecule has 0 aliphatic carbocycles. The zero-order valence-electron chi connectivity index (χ0n) is 9.18. The Morgan fingerprint density at radius 1 is 1.22 bits per heavy atom. The van der Waals surface area contributed by atoms with Crippen LogP contribution in [0.2, 0.25) is 5.02 Å². The molecule has 0 saturated carbocycles. The first-order valence-corrected chi connectivity index (χ1v) is 7.43. The molecule has 0 bridgehead atoms. The van der Waals surface area contributed by atoms with E-state index in [4.69, 9.17) is 11.6 Å². The second-order valence-corrected chi connectivity index (χ2v) is 6.27. The summed E-state index contributed by atoms with van der Waals surface area (Å²) in [5.41, 5.74) is 1.87. The number of hydrogen-bond donors (Lipinski definition) is 1. The molecule has 0 radical (unpaired) electrons. The minimum absolute atomic E-state index is 0.244. The molecule has 0 atom stereocenters. The molecule has 18 heavy (non-hydrogen) atoms. The van der Waals surface area contributed by atoms with Crippen LogP contribution in [0.15, 0.2) is 40.9 Å². The molecule has 94 valence electrons. The van der Waals surface area contributed by atoms with Crippen molar-refractivity contribution in [2.45, 2.75) is 6.54 Å². The summed E-state index contributed by atoms with van der Waals surface area (Å²) in [5, 5.41) is 3.96. The molecular formula is C13H9BrClFIN. The van der Waals surface area contributed by atoms with Crippen molar-refractivity contribution in [2.75, 3.05) is 5.32 Å². The summed E-state index contributed by atoms with van der Waals surface area (Å²) in [7, 11) is 0. The molecule has 1 N–H and O–H groups in total. The van der Waals surface area contributed by atoms with E-state index in [0.29, 0.717) is 11.6 Å². The van der Waals surface area contributed by atoms with E-state index < -0.39 is 0 Å². The topological polar surface area (TPSA) is 12.0 Å². The van der Waals surface area contributed by atoms with Gasteiger partial charge in [0.2, 0.25) is 0 Å². The lowest BCUT2D eigenvalue weighted by molar-refractivity contribution is 0.625. The second-order valence-electron chi connectivity index (χ2n) is 3.76. The molecule has 0 amide bonds. The fourth-order valence-electron chi connectivity index (χ4n) is 1.54. The Hall–Kier alpha value is -0.330. The molecule has 0 aliphatic rings. The van der Waals surface area contributed by atoms with Gasteiger partial charge in [0.1, 0.15) is 5.82 Å². The standard InChI is InChI=1S/C13H9BrClFIN/c14-9-3-8(4-11(16)5-9)7-18-13-2-1-10(15)6-12(13)17/h1-6,18H,7H2. The van der Waals surface area contributed by atoms with Crippen LogP contribution in [-0.4, -0.2) is 0 Å². The SMILES string of the molecule is Fc1cc(Br)cc(CNc2ccc(Cl)cc2I)c1. The first-order chi connectivity index (χ1) is 8.54. The maximum absolute atomic E-state index is 13.2. The Morgan fingerprint density at radius 2 is 2.00 bits per heavy atom. The Balaban J connectivity index is 2.11. The molecule has 0 heterocycles. The van der Waals surface area contributed by atoms with Gasteiger partial charge >= 0.3 is 0 Å². The third kappa shape index (κ3) is 3.83. The third-order valence-electron chi connectivity index (χ3n) is 2.34. The monoisotopic (exact) mass is 439 g/mol. The van der Waals surface area contributed by atoms with E-state index >= 15 is 0 Å². The highest BCUT2D eigenvalue weighted by Gasteiger charge is 2.02. The summed E-state index contributed by atoms with van der Waals surface area (Å²) in [6.45, 7) is 0.563. The molecule has 0 spiro atoms. The largest absolute Gasteiger partial charge is 0.380 e. The lowest BCUT2D eigenvalue weighted by Gasteiger charge is -2.09. The van der Waals surface area contributed by atoms with Crippen molar-refractivity contribution in [1.29, 1.82) is 0 Å². The summed E-state index contributed by atoms with van der Waals surface area (Å²) in [6, 6.07) is 10.5. The molecule has 2 aromatic carbocycles. The third-order valence-corrected chi connectivity index (χ3v) is 3.92. The lowest BCUT2D eigenvalue weighted by Crippen LogP contribution is -2.01. The van der Waals surface area contributed by atoms with Crippen LogP contribution in [0, 0.1) is 9.39 Å². The van der Waals surface area contributed by atoms with E-state index in [1.165, 1.54) is 12.1 Å². The zero-order chi connectivity index (χ0) is 13.1. The highest BCUT2D eigenvalue weighted by atomic mass is 127. The normalized spacial score (nSPS) is 10.4. The molecular weight excluding hydrogens is 431 g/mol. The van der Waals surface area contributed by atoms with Gasteiger partial charge in [-0.3, -0.25) is 0 Å². The Kier molecular flexibility index (Phi) is 4.86. The quantitative estimate of drug-likeness (QED) is 0.625. The number of rotatable bonds is 3. The van der Waals surface area contributed by atoms with Crippen molar-refractivity contribution in [2.24, 2.45) is 0 Å². The number of halogens is 4. The minimum atomic E-state index is -0.244. The summed E-state index contributed by atoms with van der Waals surface area (Å²) in [4.78, 5) is 0. The van der Waals surface area contributed by atoms with Crippen LogP contribution in [0.4, 0.5) is 10.1 Å². The minimum Gasteiger partial charge on any atom is -0.380 e. The van der Waals surface area contributed by atoms with Crippen molar-refractivity contribution >= 4 is 55.8 Å². The Labute approximate surface area is 132 Å². The fourth-order valence-corrected chi connectivity index (χ4v) is 3.12. The van der Waals surface area contributed by atoms with E-state index in [0.717, 1.165) is 19.3 Å². The van der Waals surface area contributed by atoms with Gasteiger partial charge in [-0.05, 0) is 64.6 Å². The van der Waals surface area contributed by atoms with Crippen molar-refractivity contribution in [3.05, 3.63) is 60.8 Å². The van der Waals surface area contributed by atoms with Crippen molar-refractivity contribution < 1.29 is 4.39 Å². The zero-order valence-corrected chi connectivity index (χ0v) is 13.7. The van der Waals surface area contributed by atoms with Gasteiger partial charge in [-0.15, -0.1) is 0 Å². The maximum atomic E-state index is 13.2. The molecule has 0 fully saturated rings. The molecule has 0 aliphatic heterocycles. The number of hydrogen-bond acceptors (Lipinski definition) is 1. The molecule has 5 heteroatoms. The smallest absolute Gasteiger partial charge is 0.124 e. The van der Waals surface area contributed by atoms with Crippen LogP contribution >= 0.6 is 50.1 Å². The average Bonchev–Trinajstić information content (AvgIpc) is 2.26. The van der Waals surface area contributed by atoms with Gasteiger partial charge in [-0.2, -0.15) is 0 Å². The summed E-state index contributed by atoms with van der Waals surface area (Å²) < 4.78 is 15.0. The van der Waals surface area contributed by atoms with Crippen LogP contribution < -0.4 is 5.32 Å². The van der Waals surface area contributed by atoms with Crippen molar-refractivity contribution in [3.8, 4) is 0 Å². The van der Waals surface area contributed by atoms with E-state index in [1.54, 1.807) is 0 Å². The van der Waals surface area contributed by atoms with E-state index in [2.05, 4.69) is 43.8 Å². The van der Waals surface area contributed by atoms with Crippen LogP contribution in [0.5, 0.6) is 0 Å². The van der Waals surface area contributed by atoms with Gasteiger partial charge < -0.3 is 5.32 Å². The molecule has 1 nitrogen and oxygen atoms in total. The lowest BCUT2D eigenvalue weighted by atomic mass is 10.2. The molecule has 0 unspecified atom stereocenters. The van der Waals surface area contributed by atoms with E-state index in [-0.39, 0.29) is 5.82 Å². The predicted molar refractivity (Wildman–Crippen MR) is 85.6 cm³/mol. The van der Waals surface area contributed by atoms with Gasteiger partial charge in [0.05, 0.1) is 0 Å². The van der Waals surface area contributed by atoms with Crippen molar-refractivity contribution in [1.82, 2.24) is 0 Å². The highest BCUT2D eigenvalue weighted by Crippen LogP contribution is 2.23. The summed E-state index contributed by atoms with van der Waals surface area (Å²) in [6.07, 6.45) is 0. The first kappa shape index (κ1) is 14.1. The Bertz CT molecular complexity index is 557. The van der Waals surface area contributed by atoms with Crippen LogP contribution in [0.25, 0.3) is 0 Å².